The van der Waals surface area contributed by atoms with E-state index in [0.717, 1.165) is 35.4 Å². The maximum Gasteiger partial charge on any atom is 0.231 e. The monoisotopic (exact) mass is 404 g/mol. The van der Waals surface area contributed by atoms with E-state index in [-0.39, 0.29) is 11.9 Å². The standard InChI is InChI=1S/C22H24N6O2/c1-15(26-29-14-16-5-3-2-4-6-16)17-7-9-18(10-8-17)20-25-21(30-27-20)19-11-12-28(13-19)22(23)24/h2-10,19H,11-14H2,1H3,(H3,23,24)/t19-/m1/s1. The third-order valence-corrected chi connectivity index (χ3v) is 5.16. The summed E-state index contributed by atoms with van der Waals surface area (Å²) in [6, 6.07) is 17.7. The summed E-state index contributed by atoms with van der Waals surface area (Å²) >= 11 is 0. The van der Waals surface area contributed by atoms with Gasteiger partial charge >= 0.3 is 0 Å². The topological polar surface area (TPSA) is 114 Å². The summed E-state index contributed by atoms with van der Waals surface area (Å²) in [7, 11) is 0. The van der Waals surface area contributed by atoms with Crippen molar-refractivity contribution in [3.8, 4) is 11.4 Å². The molecule has 30 heavy (non-hydrogen) atoms. The molecule has 3 aromatic rings. The first kappa shape index (κ1) is 19.6. The van der Waals surface area contributed by atoms with Crippen LogP contribution in [0.2, 0.25) is 0 Å². The minimum absolute atomic E-state index is 0.0811. The fourth-order valence-electron chi connectivity index (χ4n) is 3.39. The molecule has 0 radical (unpaired) electrons. The Morgan fingerprint density at radius 2 is 2.00 bits per heavy atom. The molecule has 2 heterocycles. The molecule has 2 aromatic carbocycles. The number of oxime groups is 1. The number of likely N-dealkylation sites (tertiary alicyclic amines) is 1. The Morgan fingerprint density at radius 3 is 2.70 bits per heavy atom. The van der Waals surface area contributed by atoms with Gasteiger partial charge in [0.25, 0.3) is 0 Å². The molecule has 154 valence electrons. The molecule has 0 aliphatic carbocycles. The van der Waals surface area contributed by atoms with E-state index in [2.05, 4.69) is 15.3 Å². The van der Waals surface area contributed by atoms with Gasteiger partial charge in [-0.3, -0.25) is 5.41 Å². The molecule has 4 rings (SSSR count). The Bertz CT molecular complexity index is 1030. The molecular weight excluding hydrogens is 380 g/mol. The predicted octanol–water partition coefficient (Wildman–Crippen LogP) is 3.36. The number of rotatable bonds is 6. The van der Waals surface area contributed by atoms with E-state index in [9.17, 15) is 0 Å². The van der Waals surface area contributed by atoms with Crippen molar-refractivity contribution in [2.45, 2.75) is 25.9 Å². The summed E-state index contributed by atoms with van der Waals surface area (Å²) in [6.07, 6.45) is 0.846. The molecule has 0 unspecified atom stereocenters. The molecule has 1 aliphatic rings. The van der Waals surface area contributed by atoms with Crippen LogP contribution in [0.25, 0.3) is 11.4 Å². The van der Waals surface area contributed by atoms with Crippen LogP contribution < -0.4 is 5.73 Å². The number of nitrogens with one attached hydrogen (secondary N) is 1. The molecule has 1 aliphatic heterocycles. The molecule has 0 bridgehead atoms. The highest BCUT2D eigenvalue weighted by Gasteiger charge is 2.29. The number of nitrogens with zero attached hydrogens (tertiary/aromatic N) is 4. The Balaban J connectivity index is 1.38. The second-order valence-corrected chi connectivity index (χ2v) is 7.29. The molecule has 1 atom stereocenters. The van der Waals surface area contributed by atoms with Crippen LogP contribution in [0.1, 0.15) is 36.3 Å². The Morgan fingerprint density at radius 1 is 1.23 bits per heavy atom. The summed E-state index contributed by atoms with van der Waals surface area (Å²) in [5.74, 6) is 1.32. The van der Waals surface area contributed by atoms with Crippen LogP contribution in [0, 0.1) is 5.41 Å². The quantitative estimate of drug-likeness (QED) is 0.370. The first-order chi connectivity index (χ1) is 14.6. The van der Waals surface area contributed by atoms with Crippen molar-refractivity contribution >= 4 is 11.7 Å². The van der Waals surface area contributed by atoms with E-state index < -0.39 is 0 Å². The third kappa shape index (κ3) is 4.48. The van der Waals surface area contributed by atoms with Crippen LogP contribution in [0.3, 0.4) is 0 Å². The molecule has 1 saturated heterocycles. The fourth-order valence-corrected chi connectivity index (χ4v) is 3.39. The number of hydrogen-bond acceptors (Lipinski definition) is 6. The van der Waals surface area contributed by atoms with Gasteiger partial charge in [0.05, 0.1) is 11.6 Å². The summed E-state index contributed by atoms with van der Waals surface area (Å²) in [4.78, 5) is 11.8. The van der Waals surface area contributed by atoms with Crippen molar-refractivity contribution in [1.29, 1.82) is 5.41 Å². The van der Waals surface area contributed by atoms with Crippen molar-refractivity contribution in [3.63, 3.8) is 0 Å². The number of nitrogens with two attached hydrogens (primary N) is 1. The number of benzene rings is 2. The van der Waals surface area contributed by atoms with Gasteiger partial charge in [-0.25, -0.2) is 0 Å². The van der Waals surface area contributed by atoms with E-state index in [1.807, 2.05) is 66.4 Å². The zero-order chi connectivity index (χ0) is 20.9. The largest absolute Gasteiger partial charge is 0.391 e. The lowest BCUT2D eigenvalue weighted by Gasteiger charge is -2.14. The smallest absolute Gasteiger partial charge is 0.231 e. The predicted molar refractivity (Wildman–Crippen MR) is 114 cm³/mol. The molecular formula is C22H24N6O2. The van der Waals surface area contributed by atoms with Gasteiger partial charge in [0, 0.05) is 18.7 Å². The molecule has 8 heteroatoms. The number of guanidine groups is 1. The fraction of sp³-hybridized carbons (Fsp3) is 0.273. The molecule has 0 spiro atoms. The van der Waals surface area contributed by atoms with Crippen molar-refractivity contribution in [2.75, 3.05) is 13.1 Å². The van der Waals surface area contributed by atoms with Crippen molar-refractivity contribution in [3.05, 3.63) is 71.6 Å². The lowest BCUT2D eigenvalue weighted by Crippen LogP contribution is -2.34. The molecule has 1 fully saturated rings. The molecule has 0 amide bonds. The molecule has 1 aromatic heterocycles. The van der Waals surface area contributed by atoms with Crippen molar-refractivity contribution < 1.29 is 9.36 Å². The van der Waals surface area contributed by atoms with E-state index in [1.165, 1.54) is 0 Å². The zero-order valence-corrected chi connectivity index (χ0v) is 16.8. The van der Waals surface area contributed by atoms with E-state index >= 15 is 0 Å². The van der Waals surface area contributed by atoms with Crippen molar-refractivity contribution in [2.24, 2.45) is 10.9 Å². The zero-order valence-electron chi connectivity index (χ0n) is 16.8. The Kier molecular flexibility index (Phi) is 5.74. The third-order valence-electron chi connectivity index (χ3n) is 5.16. The molecule has 3 N–H and O–H groups in total. The first-order valence-corrected chi connectivity index (χ1v) is 9.84. The SMILES string of the molecule is CC(=NOCc1ccccc1)c1ccc(-c2noc([C@@H]3CCN(C(=N)N)C3)n2)cc1. The van der Waals surface area contributed by atoms with Crippen LogP contribution in [0.4, 0.5) is 0 Å². The van der Waals surface area contributed by atoms with Gasteiger partial charge < -0.3 is 20.0 Å². The Labute approximate surface area is 174 Å². The van der Waals surface area contributed by atoms with E-state index in [0.29, 0.717) is 24.9 Å². The van der Waals surface area contributed by atoms with Gasteiger partial charge in [0.1, 0.15) is 6.61 Å². The normalized spacial score (nSPS) is 16.6. The van der Waals surface area contributed by atoms with Gasteiger partial charge in [0.15, 0.2) is 5.96 Å². The van der Waals surface area contributed by atoms with Gasteiger partial charge in [-0.05, 0) is 24.5 Å². The second-order valence-electron chi connectivity index (χ2n) is 7.29. The molecule has 8 nitrogen and oxygen atoms in total. The lowest BCUT2D eigenvalue weighted by molar-refractivity contribution is 0.130. The first-order valence-electron chi connectivity index (χ1n) is 9.84. The van der Waals surface area contributed by atoms with Crippen LogP contribution >= 0.6 is 0 Å². The number of hydrogen-bond donors (Lipinski definition) is 2. The Hall–Kier alpha value is -3.68. The second kappa shape index (κ2) is 8.77. The highest BCUT2D eigenvalue weighted by molar-refractivity contribution is 5.98. The van der Waals surface area contributed by atoms with Gasteiger partial charge in [-0.15, -0.1) is 0 Å². The highest BCUT2D eigenvalue weighted by Crippen LogP contribution is 2.27. The average molecular weight is 404 g/mol. The van der Waals surface area contributed by atoms with Crippen LogP contribution in [-0.4, -0.2) is 39.8 Å². The number of aromatic nitrogens is 2. The van der Waals surface area contributed by atoms with Gasteiger partial charge in [0.2, 0.25) is 11.7 Å². The van der Waals surface area contributed by atoms with Crippen molar-refractivity contribution in [1.82, 2.24) is 15.0 Å². The van der Waals surface area contributed by atoms with Gasteiger partial charge in [-0.1, -0.05) is 64.9 Å². The van der Waals surface area contributed by atoms with Gasteiger partial charge in [-0.2, -0.15) is 4.98 Å². The maximum atomic E-state index is 7.54. The van der Waals surface area contributed by atoms with E-state index in [1.54, 1.807) is 0 Å². The summed E-state index contributed by atoms with van der Waals surface area (Å²) in [5, 5.41) is 15.9. The lowest BCUT2D eigenvalue weighted by atomic mass is 10.1. The average Bonchev–Trinajstić information content (AvgIpc) is 3.44. The summed E-state index contributed by atoms with van der Waals surface area (Å²) in [6.45, 7) is 3.71. The summed E-state index contributed by atoms with van der Waals surface area (Å²) in [5.41, 5.74) is 9.26. The van der Waals surface area contributed by atoms with Crippen LogP contribution in [0.5, 0.6) is 0 Å². The van der Waals surface area contributed by atoms with Crippen LogP contribution in [-0.2, 0) is 11.4 Å². The maximum absolute atomic E-state index is 7.54. The van der Waals surface area contributed by atoms with Crippen LogP contribution in [0.15, 0.2) is 64.3 Å². The summed E-state index contributed by atoms with van der Waals surface area (Å²) < 4.78 is 5.46. The van der Waals surface area contributed by atoms with E-state index in [4.69, 9.17) is 20.5 Å². The minimum atomic E-state index is 0.0811. The minimum Gasteiger partial charge on any atom is -0.391 e. The highest BCUT2D eigenvalue weighted by atomic mass is 16.6. The molecule has 0 saturated carbocycles.